The summed E-state index contributed by atoms with van der Waals surface area (Å²) in [5.74, 6) is -0.0151. The van der Waals surface area contributed by atoms with Crippen LogP contribution in [0.15, 0.2) is 36.6 Å². The largest absolute Gasteiger partial charge is 0.464 e. The van der Waals surface area contributed by atoms with Crippen molar-refractivity contribution in [2.75, 3.05) is 13.2 Å². The summed E-state index contributed by atoms with van der Waals surface area (Å²) >= 11 is 0. The highest BCUT2D eigenvalue weighted by Gasteiger charge is 2.34. The number of epoxide rings is 1. The van der Waals surface area contributed by atoms with Crippen LogP contribution in [-0.4, -0.2) is 25.1 Å². The normalized spacial score (nSPS) is 32.7. The zero-order chi connectivity index (χ0) is 10.7. The molecule has 0 amide bonds. The molecule has 0 aromatic heterocycles. The maximum Gasteiger partial charge on any atom is 0.233 e. The van der Waals surface area contributed by atoms with E-state index in [-0.39, 0.29) is 6.10 Å². The van der Waals surface area contributed by atoms with Gasteiger partial charge in [-0.1, -0.05) is 24.8 Å². The standard InChI is InChI=1S/C12H16O3/c1-10(2)15-12(6-4-3-5-7-12)14-9-11-8-13-11/h3-6,11H,1,7-9H2,2H3. The predicted octanol–water partition coefficient (Wildman–Crippen LogP) is 2.16. The minimum absolute atomic E-state index is 0.245. The fourth-order valence-corrected chi connectivity index (χ4v) is 1.49. The van der Waals surface area contributed by atoms with Gasteiger partial charge in [-0.3, -0.25) is 0 Å². The topological polar surface area (TPSA) is 31.0 Å². The van der Waals surface area contributed by atoms with Crippen LogP contribution in [0.1, 0.15) is 13.3 Å². The SMILES string of the molecule is C=C(C)OC1(OCC2CO2)C=CC=CC1. The Morgan fingerprint density at radius 1 is 1.60 bits per heavy atom. The summed E-state index contributed by atoms with van der Waals surface area (Å²) in [6.07, 6.45) is 8.82. The molecular formula is C12H16O3. The summed E-state index contributed by atoms with van der Waals surface area (Å²) in [7, 11) is 0. The molecule has 0 radical (unpaired) electrons. The Morgan fingerprint density at radius 2 is 2.40 bits per heavy atom. The fraction of sp³-hybridized carbons (Fsp3) is 0.500. The molecule has 2 aliphatic rings. The molecule has 0 spiro atoms. The van der Waals surface area contributed by atoms with Gasteiger partial charge in [-0.15, -0.1) is 0 Å². The van der Waals surface area contributed by atoms with Gasteiger partial charge in [0.05, 0.1) is 19.0 Å². The van der Waals surface area contributed by atoms with Gasteiger partial charge in [0.1, 0.15) is 6.10 Å². The van der Waals surface area contributed by atoms with Crippen LogP contribution >= 0.6 is 0 Å². The van der Waals surface area contributed by atoms with E-state index < -0.39 is 5.79 Å². The van der Waals surface area contributed by atoms with E-state index >= 15 is 0 Å². The van der Waals surface area contributed by atoms with Gasteiger partial charge in [-0.25, -0.2) is 0 Å². The molecule has 1 aliphatic carbocycles. The van der Waals surface area contributed by atoms with Crippen molar-refractivity contribution < 1.29 is 14.2 Å². The van der Waals surface area contributed by atoms with Gasteiger partial charge in [0.15, 0.2) is 0 Å². The van der Waals surface area contributed by atoms with Crippen molar-refractivity contribution >= 4 is 0 Å². The lowest BCUT2D eigenvalue weighted by Crippen LogP contribution is -2.35. The average Bonchev–Trinajstić information content (AvgIpc) is 2.99. The summed E-state index contributed by atoms with van der Waals surface area (Å²) in [6, 6.07) is 0. The van der Waals surface area contributed by atoms with Crippen molar-refractivity contribution in [3.05, 3.63) is 36.6 Å². The maximum absolute atomic E-state index is 5.76. The Labute approximate surface area is 90.0 Å². The van der Waals surface area contributed by atoms with Crippen molar-refractivity contribution in [3.8, 4) is 0 Å². The van der Waals surface area contributed by atoms with Gasteiger partial charge in [0.2, 0.25) is 5.79 Å². The number of ether oxygens (including phenoxy) is 3. The first-order chi connectivity index (χ1) is 7.20. The minimum Gasteiger partial charge on any atom is -0.464 e. The number of allylic oxidation sites excluding steroid dienone is 3. The molecule has 1 aliphatic heterocycles. The minimum atomic E-state index is -0.674. The van der Waals surface area contributed by atoms with E-state index in [0.29, 0.717) is 18.8 Å². The predicted molar refractivity (Wildman–Crippen MR) is 57.2 cm³/mol. The number of hydrogen-bond donors (Lipinski definition) is 0. The second-order valence-corrected chi connectivity index (χ2v) is 3.87. The Balaban J connectivity index is 1.96. The van der Waals surface area contributed by atoms with E-state index in [1.807, 2.05) is 31.2 Å². The number of rotatable bonds is 5. The molecule has 0 saturated carbocycles. The highest BCUT2D eigenvalue weighted by Crippen LogP contribution is 2.27. The van der Waals surface area contributed by atoms with Gasteiger partial charge in [0.25, 0.3) is 0 Å². The van der Waals surface area contributed by atoms with Crippen LogP contribution in [0, 0.1) is 0 Å². The molecule has 3 heteroatoms. The molecule has 0 aromatic carbocycles. The second kappa shape index (κ2) is 4.21. The lowest BCUT2D eigenvalue weighted by atomic mass is 10.1. The third-order valence-electron chi connectivity index (χ3n) is 2.26. The summed E-state index contributed by atoms with van der Waals surface area (Å²) < 4.78 is 16.5. The smallest absolute Gasteiger partial charge is 0.233 e. The lowest BCUT2D eigenvalue weighted by Gasteiger charge is -2.31. The van der Waals surface area contributed by atoms with Crippen molar-refractivity contribution in [2.24, 2.45) is 0 Å². The molecule has 2 unspecified atom stereocenters. The van der Waals surface area contributed by atoms with E-state index in [1.165, 1.54) is 0 Å². The Hall–Kier alpha value is -1.06. The first-order valence-corrected chi connectivity index (χ1v) is 5.15. The third kappa shape index (κ3) is 2.94. The first kappa shape index (κ1) is 10.5. The molecule has 3 nitrogen and oxygen atoms in total. The van der Waals surface area contributed by atoms with Gasteiger partial charge in [-0.05, 0) is 13.0 Å². The fourth-order valence-electron chi connectivity index (χ4n) is 1.49. The van der Waals surface area contributed by atoms with Crippen molar-refractivity contribution in [1.29, 1.82) is 0 Å². The molecule has 0 aromatic rings. The Bertz CT molecular complexity index is 302. The molecule has 2 rings (SSSR count). The molecule has 1 fully saturated rings. The summed E-state index contributed by atoms with van der Waals surface area (Å²) in [5, 5.41) is 0. The molecule has 82 valence electrons. The van der Waals surface area contributed by atoms with Gasteiger partial charge in [0, 0.05) is 6.42 Å². The maximum atomic E-state index is 5.76. The zero-order valence-corrected chi connectivity index (χ0v) is 8.94. The Morgan fingerprint density at radius 3 is 2.93 bits per heavy atom. The van der Waals surface area contributed by atoms with Crippen LogP contribution in [0.25, 0.3) is 0 Å². The lowest BCUT2D eigenvalue weighted by molar-refractivity contribution is -0.180. The van der Waals surface area contributed by atoms with Crippen LogP contribution in [-0.2, 0) is 14.2 Å². The van der Waals surface area contributed by atoms with E-state index in [9.17, 15) is 0 Å². The summed E-state index contributed by atoms with van der Waals surface area (Å²) in [5.41, 5.74) is 0. The van der Waals surface area contributed by atoms with Crippen molar-refractivity contribution in [2.45, 2.75) is 25.2 Å². The molecule has 2 atom stereocenters. The van der Waals surface area contributed by atoms with Crippen molar-refractivity contribution in [3.63, 3.8) is 0 Å². The quantitative estimate of drug-likeness (QED) is 0.394. The molecular weight excluding hydrogens is 192 g/mol. The second-order valence-electron chi connectivity index (χ2n) is 3.87. The molecule has 1 saturated heterocycles. The first-order valence-electron chi connectivity index (χ1n) is 5.15. The van der Waals surface area contributed by atoms with Crippen molar-refractivity contribution in [1.82, 2.24) is 0 Å². The van der Waals surface area contributed by atoms with Gasteiger partial charge < -0.3 is 14.2 Å². The molecule has 0 N–H and O–H groups in total. The van der Waals surface area contributed by atoms with E-state index in [2.05, 4.69) is 6.58 Å². The number of hydrogen-bond acceptors (Lipinski definition) is 3. The third-order valence-corrected chi connectivity index (χ3v) is 2.26. The molecule has 0 bridgehead atoms. The van der Waals surface area contributed by atoms with Crippen LogP contribution in [0.2, 0.25) is 0 Å². The Kier molecular flexibility index (Phi) is 2.93. The zero-order valence-electron chi connectivity index (χ0n) is 8.94. The van der Waals surface area contributed by atoms with E-state index in [1.54, 1.807) is 0 Å². The molecule has 15 heavy (non-hydrogen) atoms. The summed E-state index contributed by atoms with van der Waals surface area (Å²) in [4.78, 5) is 0. The van der Waals surface area contributed by atoms with E-state index in [0.717, 1.165) is 6.61 Å². The van der Waals surface area contributed by atoms with Crippen LogP contribution in [0.5, 0.6) is 0 Å². The van der Waals surface area contributed by atoms with Crippen LogP contribution < -0.4 is 0 Å². The highest BCUT2D eigenvalue weighted by molar-refractivity contribution is 5.16. The van der Waals surface area contributed by atoms with Gasteiger partial charge >= 0.3 is 0 Å². The molecule has 1 heterocycles. The average molecular weight is 208 g/mol. The highest BCUT2D eigenvalue weighted by atomic mass is 16.7. The van der Waals surface area contributed by atoms with E-state index in [4.69, 9.17) is 14.2 Å². The monoisotopic (exact) mass is 208 g/mol. The van der Waals surface area contributed by atoms with Crippen LogP contribution in [0.3, 0.4) is 0 Å². The van der Waals surface area contributed by atoms with Gasteiger partial charge in [-0.2, -0.15) is 0 Å². The summed E-state index contributed by atoms with van der Waals surface area (Å²) in [6.45, 7) is 6.94. The van der Waals surface area contributed by atoms with Crippen LogP contribution in [0.4, 0.5) is 0 Å².